The Hall–Kier alpha value is -0.820. The van der Waals surface area contributed by atoms with Gasteiger partial charge in [0.25, 0.3) is 0 Å². The molecule has 1 fully saturated rings. The number of amides is 1. The summed E-state index contributed by atoms with van der Waals surface area (Å²) in [6, 6.07) is -0.454. The van der Waals surface area contributed by atoms with E-state index in [9.17, 15) is 18.0 Å². The molecule has 0 aromatic rings. The zero-order chi connectivity index (χ0) is 12.9. The molecule has 0 unspecified atom stereocenters. The van der Waals surface area contributed by atoms with Crippen LogP contribution in [0.15, 0.2) is 0 Å². The summed E-state index contributed by atoms with van der Waals surface area (Å²) in [5.74, 6) is -1.84. The zero-order valence-corrected chi connectivity index (χ0v) is 9.63. The van der Waals surface area contributed by atoms with Crippen molar-refractivity contribution in [2.45, 2.75) is 32.0 Å². The maximum absolute atomic E-state index is 12.4. The molecule has 0 aromatic carbocycles. The van der Waals surface area contributed by atoms with Crippen molar-refractivity contribution in [2.75, 3.05) is 26.6 Å². The third-order valence-corrected chi connectivity index (χ3v) is 2.57. The van der Waals surface area contributed by atoms with Gasteiger partial charge in [-0.3, -0.25) is 4.79 Å². The molecule has 0 N–H and O–H groups in total. The second-order valence-corrected chi connectivity index (χ2v) is 3.74. The van der Waals surface area contributed by atoms with Crippen molar-refractivity contribution in [1.82, 2.24) is 4.90 Å². The number of halogens is 3. The first-order valence-electron chi connectivity index (χ1n) is 5.50. The minimum absolute atomic E-state index is 0.269. The number of hydrogen-bond acceptors (Lipinski definition) is 3. The molecule has 1 rings (SSSR count). The van der Waals surface area contributed by atoms with E-state index in [4.69, 9.17) is 9.47 Å². The van der Waals surface area contributed by atoms with Crippen LogP contribution in [-0.4, -0.2) is 49.6 Å². The first-order valence-corrected chi connectivity index (χ1v) is 5.50. The van der Waals surface area contributed by atoms with Crippen molar-refractivity contribution in [3.63, 3.8) is 0 Å². The van der Waals surface area contributed by atoms with Gasteiger partial charge < -0.3 is 14.4 Å². The van der Waals surface area contributed by atoms with E-state index in [0.717, 1.165) is 4.90 Å². The largest absolute Gasteiger partial charge is 0.471 e. The van der Waals surface area contributed by atoms with Gasteiger partial charge in [0.15, 0.2) is 0 Å². The van der Waals surface area contributed by atoms with Gasteiger partial charge >= 0.3 is 12.1 Å². The fraction of sp³-hybridized carbons (Fsp3) is 0.900. The van der Waals surface area contributed by atoms with Crippen LogP contribution in [0.5, 0.6) is 0 Å². The highest BCUT2D eigenvalue weighted by molar-refractivity contribution is 5.82. The standard InChI is InChI=1S/C10H16F3NO3/c1-2-16-7-14(9(15)10(11,12)13)8-3-5-17-6-4-8/h8H,2-7H2,1H3. The molecule has 1 aliphatic heterocycles. The van der Waals surface area contributed by atoms with E-state index in [0.29, 0.717) is 26.1 Å². The molecule has 100 valence electrons. The van der Waals surface area contributed by atoms with Crippen LogP contribution in [0.1, 0.15) is 19.8 Å². The summed E-state index contributed by atoms with van der Waals surface area (Å²) >= 11 is 0. The van der Waals surface area contributed by atoms with Crippen molar-refractivity contribution < 1.29 is 27.4 Å². The van der Waals surface area contributed by atoms with E-state index in [1.807, 2.05) is 0 Å². The van der Waals surface area contributed by atoms with Crippen LogP contribution < -0.4 is 0 Å². The highest BCUT2D eigenvalue weighted by atomic mass is 19.4. The van der Waals surface area contributed by atoms with Gasteiger partial charge in [0, 0.05) is 25.9 Å². The summed E-state index contributed by atoms with van der Waals surface area (Å²) in [7, 11) is 0. The molecular weight excluding hydrogens is 239 g/mol. The molecule has 0 aromatic heterocycles. The second kappa shape index (κ2) is 6.20. The Labute approximate surface area is 97.7 Å². The van der Waals surface area contributed by atoms with Crippen molar-refractivity contribution in [2.24, 2.45) is 0 Å². The van der Waals surface area contributed by atoms with Crippen LogP contribution >= 0.6 is 0 Å². The molecule has 0 spiro atoms. The van der Waals surface area contributed by atoms with Gasteiger partial charge in [-0.15, -0.1) is 0 Å². The molecule has 7 heteroatoms. The Bertz CT molecular complexity index is 252. The maximum atomic E-state index is 12.4. The molecule has 0 radical (unpaired) electrons. The van der Waals surface area contributed by atoms with Crippen LogP contribution in [-0.2, 0) is 14.3 Å². The molecule has 0 atom stereocenters. The Morgan fingerprint density at radius 2 is 2.00 bits per heavy atom. The summed E-state index contributed by atoms with van der Waals surface area (Å²) < 4.78 is 47.2. The number of alkyl halides is 3. The average Bonchev–Trinajstić information content (AvgIpc) is 2.29. The van der Waals surface area contributed by atoms with Gasteiger partial charge in [-0.05, 0) is 19.8 Å². The Morgan fingerprint density at radius 3 is 2.47 bits per heavy atom. The predicted octanol–water partition coefficient (Wildman–Crippen LogP) is 1.55. The van der Waals surface area contributed by atoms with Gasteiger partial charge in [-0.2, -0.15) is 13.2 Å². The monoisotopic (exact) mass is 255 g/mol. The van der Waals surface area contributed by atoms with E-state index >= 15 is 0 Å². The number of rotatable bonds is 4. The molecule has 1 amide bonds. The number of carbonyl (C=O) groups excluding carboxylic acids is 1. The zero-order valence-electron chi connectivity index (χ0n) is 9.63. The first-order chi connectivity index (χ1) is 7.96. The normalized spacial score (nSPS) is 18.1. The molecule has 4 nitrogen and oxygen atoms in total. The summed E-state index contributed by atoms with van der Waals surface area (Å²) in [5, 5.41) is 0. The topological polar surface area (TPSA) is 38.8 Å². The summed E-state index contributed by atoms with van der Waals surface area (Å²) in [6.07, 6.45) is -4.03. The van der Waals surface area contributed by atoms with Crippen molar-refractivity contribution in [1.29, 1.82) is 0 Å². The third-order valence-electron chi connectivity index (χ3n) is 2.57. The van der Waals surface area contributed by atoms with E-state index in [1.165, 1.54) is 0 Å². The average molecular weight is 255 g/mol. The van der Waals surface area contributed by atoms with Gasteiger partial charge in [-0.1, -0.05) is 0 Å². The number of nitrogens with zero attached hydrogens (tertiary/aromatic N) is 1. The van der Waals surface area contributed by atoms with E-state index < -0.39 is 18.1 Å². The van der Waals surface area contributed by atoms with Gasteiger partial charge in [0.2, 0.25) is 0 Å². The highest BCUT2D eigenvalue weighted by Gasteiger charge is 2.44. The quantitative estimate of drug-likeness (QED) is 0.715. The molecule has 1 heterocycles. The highest BCUT2D eigenvalue weighted by Crippen LogP contribution is 2.23. The van der Waals surface area contributed by atoms with Gasteiger partial charge in [-0.25, -0.2) is 0 Å². The predicted molar refractivity (Wildman–Crippen MR) is 53.2 cm³/mol. The van der Waals surface area contributed by atoms with E-state index in [-0.39, 0.29) is 13.3 Å². The van der Waals surface area contributed by atoms with Crippen LogP contribution in [0.25, 0.3) is 0 Å². The molecule has 0 bridgehead atoms. The second-order valence-electron chi connectivity index (χ2n) is 3.74. The summed E-state index contributed by atoms with van der Waals surface area (Å²) in [4.78, 5) is 12.0. The SMILES string of the molecule is CCOCN(C(=O)C(F)(F)F)C1CCOCC1. The fourth-order valence-corrected chi connectivity index (χ4v) is 1.68. The Morgan fingerprint density at radius 1 is 1.41 bits per heavy atom. The van der Waals surface area contributed by atoms with Crippen molar-refractivity contribution in [3.05, 3.63) is 0 Å². The molecule has 1 aliphatic rings. The minimum atomic E-state index is -4.85. The first kappa shape index (κ1) is 14.2. The van der Waals surface area contributed by atoms with Crippen molar-refractivity contribution in [3.8, 4) is 0 Å². The van der Waals surface area contributed by atoms with Crippen molar-refractivity contribution >= 4 is 5.91 Å². The Balaban J connectivity index is 2.68. The lowest BCUT2D eigenvalue weighted by atomic mass is 10.1. The van der Waals surface area contributed by atoms with E-state index in [2.05, 4.69) is 0 Å². The maximum Gasteiger partial charge on any atom is 0.471 e. The molecule has 1 saturated heterocycles. The summed E-state index contributed by atoms with van der Waals surface area (Å²) in [6.45, 7) is 2.36. The smallest absolute Gasteiger partial charge is 0.381 e. The molecule has 17 heavy (non-hydrogen) atoms. The van der Waals surface area contributed by atoms with Crippen LogP contribution in [0.4, 0.5) is 13.2 Å². The third kappa shape index (κ3) is 4.16. The van der Waals surface area contributed by atoms with Gasteiger partial charge in [0.1, 0.15) is 6.73 Å². The summed E-state index contributed by atoms with van der Waals surface area (Å²) in [5.41, 5.74) is 0. The van der Waals surface area contributed by atoms with Crippen LogP contribution in [0.3, 0.4) is 0 Å². The van der Waals surface area contributed by atoms with Gasteiger partial charge in [0.05, 0.1) is 0 Å². The molecular formula is C10H16F3NO3. The van der Waals surface area contributed by atoms with E-state index in [1.54, 1.807) is 6.92 Å². The number of ether oxygens (including phenoxy) is 2. The lowest BCUT2D eigenvalue weighted by molar-refractivity contribution is -0.195. The molecule has 0 aliphatic carbocycles. The number of hydrogen-bond donors (Lipinski definition) is 0. The lowest BCUT2D eigenvalue weighted by Gasteiger charge is -2.34. The molecule has 0 saturated carbocycles. The van der Waals surface area contributed by atoms with Crippen LogP contribution in [0.2, 0.25) is 0 Å². The lowest BCUT2D eigenvalue weighted by Crippen LogP contribution is -2.49. The van der Waals surface area contributed by atoms with Crippen LogP contribution in [0, 0.1) is 0 Å². The Kier molecular flexibility index (Phi) is 5.20. The minimum Gasteiger partial charge on any atom is -0.381 e. The fourth-order valence-electron chi connectivity index (χ4n) is 1.68. The number of carbonyl (C=O) groups is 1.